The molecule has 0 spiro atoms. The van der Waals surface area contributed by atoms with Crippen molar-refractivity contribution in [1.29, 1.82) is 0 Å². The van der Waals surface area contributed by atoms with Crippen molar-refractivity contribution in [2.75, 3.05) is 13.2 Å². The fourth-order valence-corrected chi connectivity index (χ4v) is 6.92. The van der Waals surface area contributed by atoms with E-state index in [0.29, 0.717) is 19.3 Å². The molecule has 0 aromatic heterocycles. The van der Waals surface area contributed by atoms with Crippen molar-refractivity contribution in [3.63, 3.8) is 0 Å². The lowest BCUT2D eigenvalue weighted by Crippen LogP contribution is -2.30. The van der Waals surface area contributed by atoms with Crippen LogP contribution in [0.4, 0.5) is 0 Å². The molecule has 0 saturated carbocycles. The minimum absolute atomic E-state index is 0.0741. The second kappa shape index (κ2) is 49.5. The summed E-state index contributed by atoms with van der Waals surface area (Å²) in [5.74, 6) is -0.897. The van der Waals surface area contributed by atoms with Crippen LogP contribution in [0.15, 0.2) is 72.9 Å². The Balaban J connectivity index is 3.91. The summed E-state index contributed by atoms with van der Waals surface area (Å²) < 4.78 is 16.6. The number of allylic oxidation sites excluding steroid dienone is 12. The highest BCUT2D eigenvalue weighted by atomic mass is 16.6. The minimum atomic E-state index is -0.765. The maximum atomic E-state index is 12.5. The Morgan fingerprint density at radius 3 is 1.00 bits per heavy atom. The molecule has 0 aromatic rings. The summed E-state index contributed by atoms with van der Waals surface area (Å²) in [6, 6.07) is 0. The van der Waals surface area contributed by atoms with Crippen molar-refractivity contribution in [3.8, 4) is 0 Å². The van der Waals surface area contributed by atoms with Crippen LogP contribution < -0.4 is 0 Å². The molecule has 0 aliphatic carbocycles. The van der Waals surface area contributed by atoms with Crippen molar-refractivity contribution in [2.45, 2.75) is 245 Å². The van der Waals surface area contributed by atoms with E-state index in [1.165, 1.54) is 103 Å². The van der Waals surface area contributed by atoms with Crippen LogP contribution in [0.25, 0.3) is 0 Å². The van der Waals surface area contributed by atoms with Gasteiger partial charge in [0.2, 0.25) is 0 Å². The molecule has 0 fully saturated rings. The third-order valence-electron chi connectivity index (χ3n) is 10.7. The van der Waals surface area contributed by atoms with Crippen molar-refractivity contribution in [3.05, 3.63) is 72.9 Å². The molecule has 0 rings (SSSR count). The predicted molar refractivity (Wildman–Crippen MR) is 261 cm³/mol. The number of carbonyl (C=O) groups excluding carboxylic acids is 3. The van der Waals surface area contributed by atoms with E-state index in [0.717, 1.165) is 96.3 Å². The van der Waals surface area contributed by atoms with Crippen LogP contribution >= 0.6 is 0 Å². The molecule has 6 heteroatoms. The van der Waals surface area contributed by atoms with Gasteiger partial charge in [0.15, 0.2) is 6.10 Å². The third-order valence-corrected chi connectivity index (χ3v) is 10.7. The van der Waals surface area contributed by atoms with Gasteiger partial charge in [-0.15, -0.1) is 0 Å². The molecule has 350 valence electrons. The Kier molecular flexibility index (Phi) is 46.9. The zero-order valence-corrected chi connectivity index (χ0v) is 39.9. The van der Waals surface area contributed by atoms with Crippen molar-refractivity contribution in [2.24, 2.45) is 0 Å². The molecule has 0 radical (unpaired) electrons. The number of hydrogen-bond acceptors (Lipinski definition) is 6. The quantitative estimate of drug-likeness (QED) is 0.0263. The molecular weight excluding hydrogens is 757 g/mol. The highest BCUT2D eigenvalue weighted by molar-refractivity contribution is 5.71. The molecular formula is C55H94O6. The average Bonchev–Trinajstić information content (AvgIpc) is 3.26. The fourth-order valence-electron chi connectivity index (χ4n) is 6.92. The Hall–Kier alpha value is -3.15. The standard InChI is InChI=1S/C55H94O6/c1-4-7-10-13-16-17-18-19-20-21-22-23-24-25-26-27-28-29-30-31-32-33-34-35-36-37-38-39-40-43-45-48-54(57)60-51-52(61-55(58)49-46-42-15-12-9-6-3)50-59-53(56)47-44-41-14-11-8-5-2/h7,10,16-17,19-20,22-23,25-26,28-29,52H,4-6,8-9,11-15,18,21,24,27,30-51H2,1-3H3/b10-7-,17-16-,20-19-,23-22-,26-25-,29-28-. The van der Waals surface area contributed by atoms with Crippen molar-refractivity contribution in [1.82, 2.24) is 0 Å². The molecule has 1 atom stereocenters. The minimum Gasteiger partial charge on any atom is -0.462 e. The van der Waals surface area contributed by atoms with Gasteiger partial charge < -0.3 is 14.2 Å². The van der Waals surface area contributed by atoms with Gasteiger partial charge >= 0.3 is 17.9 Å². The Bertz CT molecular complexity index is 1160. The zero-order valence-electron chi connectivity index (χ0n) is 39.9. The number of rotatable bonds is 45. The lowest BCUT2D eigenvalue weighted by molar-refractivity contribution is -0.167. The summed E-state index contributed by atoms with van der Waals surface area (Å²) in [6.07, 6.45) is 62.4. The SMILES string of the molecule is CC/C=C\C/C=C\C/C=C\C/C=C\C/C=C\C/C=C\CCCCCCCCCCCCCCC(=O)OCC(COC(=O)CCCCCCCC)OC(=O)CCCCCCCC. The molecule has 0 aromatic carbocycles. The molecule has 0 heterocycles. The van der Waals surface area contributed by atoms with Crippen LogP contribution in [-0.2, 0) is 28.6 Å². The van der Waals surface area contributed by atoms with Crippen LogP contribution in [-0.4, -0.2) is 37.2 Å². The van der Waals surface area contributed by atoms with Crippen LogP contribution in [0.1, 0.15) is 239 Å². The van der Waals surface area contributed by atoms with E-state index in [1.807, 2.05) is 0 Å². The molecule has 0 N–H and O–H groups in total. The van der Waals surface area contributed by atoms with Crippen LogP contribution in [0, 0.1) is 0 Å². The first-order valence-corrected chi connectivity index (χ1v) is 25.4. The number of hydrogen-bond donors (Lipinski definition) is 0. The van der Waals surface area contributed by atoms with Gasteiger partial charge in [-0.3, -0.25) is 14.4 Å². The highest BCUT2D eigenvalue weighted by Gasteiger charge is 2.19. The summed E-state index contributed by atoms with van der Waals surface area (Å²) >= 11 is 0. The maximum absolute atomic E-state index is 12.5. The van der Waals surface area contributed by atoms with E-state index < -0.39 is 6.10 Å². The maximum Gasteiger partial charge on any atom is 0.306 e. The lowest BCUT2D eigenvalue weighted by atomic mass is 10.0. The number of ether oxygens (including phenoxy) is 3. The summed E-state index contributed by atoms with van der Waals surface area (Å²) in [4.78, 5) is 37.4. The van der Waals surface area contributed by atoms with Gasteiger partial charge in [0.05, 0.1) is 0 Å². The topological polar surface area (TPSA) is 78.9 Å². The molecule has 0 aliphatic rings. The van der Waals surface area contributed by atoms with E-state index in [1.54, 1.807) is 0 Å². The molecule has 0 bridgehead atoms. The second-order valence-electron chi connectivity index (χ2n) is 16.7. The van der Waals surface area contributed by atoms with Crippen molar-refractivity contribution < 1.29 is 28.6 Å². The lowest BCUT2D eigenvalue weighted by Gasteiger charge is -2.18. The Labute approximate surface area is 376 Å². The summed E-state index contributed by atoms with van der Waals surface area (Å²) in [7, 11) is 0. The van der Waals surface area contributed by atoms with Crippen LogP contribution in [0.3, 0.4) is 0 Å². The Morgan fingerprint density at radius 2 is 0.639 bits per heavy atom. The highest BCUT2D eigenvalue weighted by Crippen LogP contribution is 2.15. The van der Waals surface area contributed by atoms with E-state index in [9.17, 15) is 14.4 Å². The van der Waals surface area contributed by atoms with E-state index >= 15 is 0 Å². The van der Waals surface area contributed by atoms with Gasteiger partial charge in [0, 0.05) is 19.3 Å². The smallest absolute Gasteiger partial charge is 0.306 e. The number of esters is 3. The van der Waals surface area contributed by atoms with Crippen molar-refractivity contribution >= 4 is 17.9 Å². The molecule has 0 amide bonds. The van der Waals surface area contributed by atoms with E-state index in [2.05, 4.69) is 93.7 Å². The monoisotopic (exact) mass is 851 g/mol. The fraction of sp³-hybridized carbons (Fsp3) is 0.727. The first-order chi connectivity index (χ1) is 30.0. The second-order valence-corrected chi connectivity index (χ2v) is 16.7. The van der Waals surface area contributed by atoms with E-state index in [-0.39, 0.29) is 31.1 Å². The summed E-state index contributed by atoms with van der Waals surface area (Å²) in [6.45, 7) is 6.39. The molecule has 0 saturated heterocycles. The number of carbonyl (C=O) groups is 3. The van der Waals surface area contributed by atoms with Gasteiger partial charge in [-0.2, -0.15) is 0 Å². The normalized spacial score (nSPS) is 12.6. The largest absolute Gasteiger partial charge is 0.462 e. The van der Waals surface area contributed by atoms with Gasteiger partial charge in [-0.25, -0.2) is 0 Å². The molecule has 0 aliphatic heterocycles. The Morgan fingerprint density at radius 1 is 0.344 bits per heavy atom. The van der Waals surface area contributed by atoms with Gasteiger partial charge in [0.1, 0.15) is 13.2 Å². The zero-order chi connectivity index (χ0) is 44.4. The predicted octanol–water partition coefficient (Wildman–Crippen LogP) is 16.6. The first-order valence-electron chi connectivity index (χ1n) is 25.4. The van der Waals surface area contributed by atoms with E-state index in [4.69, 9.17) is 14.2 Å². The van der Waals surface area contributed by atoms with Gasteiger partial charge in [-0.05, 0) is 70.6 Å². The summed E-state index contributed by atoms with van der Waals surface area (Å²) in [5.41, 5.74) is 0. The third kappa shape index (κ3) is 47.7. The molecule has 1 unspecified atom stereocenters. The molecule has 6 nitrogen and oxygen atoms in total. The first kappa shape index (κ1) is 57.9. The summed E-state index contributed by atoms with van der Waals surface area (Å²) in [5, 5.41) is 0. The average molecular weight is 851 g/mol. The van der Waals surface area contributed by atoms with Gasteiger partial charge in [0.25, 0.3) is 0 Å². The molecule has 61 heavy (non-hydrogen) atoms. The van der Waals surface area contributed by atoms with Gasteiger partial charge in [-0.1, -0.05) is 222 Å². The van der Waals surface area contributed by atoms with Crippen LogP contribution in [0.2, 0.25) is 0 Å². The van der Waals surface area contributed by atoms with Crippen LogP contribution in [0.5, 0.6) is 0 Å². The number of unbranched alkanes of at least 4 members (excludes halogenated alkanes) is 22.